The van der Waals surface area contributed by atoms with Gasteiger partial charge >= 0.3 is 11.9 Å². The number of carbonyl (C=O) groups is 2. The van der Waals surface area contributed by atoms with E-state index in [9.17, 15) is 14.7 Å². The number of rotatable bonds is 3. The molecule has 0 spiro atoms. The molecule has 0 bridgehead atoms. The molecule has 0 fully saturated rings. The molecule has 5 heteroatoms. The summed E-state index contributed by atoms with van der Waals surface area (Å²) in [5, 5.41) is 9.46. The fourth-order valence-electron chi connectivity index (χ4n) is 1.50. The van der Waals surface area contributed by atoms with Crippen molar-refractivity contribution in [2.24, 2.45) is 0 Å². The number of esters is 2. The van der Waals surface area contributed by atoms with Crippen molar-refractivity contribution in [3.63, 3.8) is 0 Å². The van der Waals surface area contributed by atoms with Crippen LogP contribution in [0.15, 0.2) is 18.2 Å². The number of aromatic hydroxyl groups is 1. The maximum atomic E-state index is 11.6. The maximum Gasteiger partial charge on any atom is 0.338 e. The SMILES string of the molecule is COC(=O)/C=C/c1c(C)cc(O)cc1C(=O)OC. The summed E-state index contributed by atoms with van der Waals surface area (Å²) in [4.78, 5) is 22.6. The molecule has 0 atom stereocenters. The largest absolute Gasteiger partial charge is 0.508 e. The lowest BCUT2D eigenvalue weighted by molar-refractivity contribution is -0.134. The lowest BCUT2D eigenvalue weighted by Gasteiger charge is -2.08. The molecule has 0 aromatic heterocycles. The number of hydrogen-bond acceptors (Lipinski definition) is 5. The van der Waals surface area contributed by atoms with E-state index in [-0.39, 0.29) is 11.3 Å². The van der Waals surface area contributed by atoms with Gasteiger partial charge in [0.2, 0.25) is 0 Å². The monoisotopic (exact) mass is 250 g/mol. The van der Waals surface area contributed by atoms with Crippen LogP contribution in [0.5, 0.6) is 5.75 Å². The van der Waals surface area contributed by atoms with Gasteiger partial charge in [0.15, 0.2) is 0 Å². The molecule has 1 aromatic carbocycles. The Bertz CT molecular complexity index is 502. The first kappa shape index (κ1) is 13.8. The molecule has 5 nitrogen and oxygen atoms in total. The van der Waals surface area contributed by atoms with Gasteiger partial charge in [0.05, 0.1) is 19.8 Å². The Labute approximate surface area is 105 Å². The van der Waals surface area contributed by atoms with Crippen molar-refractivity contribution in [2.45, 2.75) is 6.92 Å². The highest BCUT2D eigenvalue weighted by Gasteiger charge is 2.14. The van der Waals surface area contributed by atoms with Gasteiger partial charge in [0.1, 0.15) is 5.75 Å². The van der Waals surface area contributed by atoms with Gasteiger partial charge in [-0.2, -0.15) is 0 Å². The third-order valence-electron chi connectivity index (χ3n) is 2.36. The first-order valence-corrected chi connectivity index (χ1v) is 5.17. The number of ether oxygens (including phenoxy) is 2. The van der Waals surface area contributed by atoms with Crippen LogP contribution in [-0.2, 0) is 14.3 Å². The van der Waals surface area contributed by atoms with E-state index in [0.29, 0.717) is 11.1 Å². The number of hydrogen-bond donors (Lipinski definition) is 1. The molecule has 1 aromatic rings. The molecule has 0 amide bonds. The van der Waals surface area contributed by atoms with E-state index < -0.39 is 11.9 Å². The molecule has 0 saturated heterocycles. The van der Waals surface area contributed by atoms with Crippen molar-refractivity contribution < 1.29 is 24.2 Å². The molecule has 1 N–H and O–H groups in total. The van der Waals surface area contributed by atoms with Crippen molar-refractivity contribution in [1.29, 1.82) is 0 Å². The minimum Gasteiger partial charge on any atom is -0.508 e. The number of carbonyl (C=O) groups excluding carboxylic acids is 2. The van der Waals surface area contributed by atoms with Crippen LogP contribution in [0.3, 0.4) is 0 Å². The number of phenolic OH excluding ortho intramolecular Hbond substituents is 1. The fraction of sp³-hybridized carbons (Fsp3) is 0.231. The first-order valence-electron chi connectivity index (χ1n) is 5.17. The Balaban J connectivity index is 3.28. The van der Waals surface area contributed by atoms with Crippen LogP contribution < -0.4 is 0 Å². The molecule has 0 heterocycles. The van der Waals surface area contributed by atoms with Crippen LogP contribution in [0.25, 0.3) is 6.08 Å². The molecular weight excluding hydrogens is 236 g/mol. The van der Waals surface area contributed by atoms with Crippen molar-refractivity contribution >= 4 is 18.0 Å². The Hall–Kier alpha value is -2.30. The van der Waals surface area contributed by atoms with Gasteiger partial charge in [-0.3, -0.25) is 0 Å². The number of phenols is 1. The Kier molecular flexibility index (Phi) is 4.48. The van der Waals surface area contributed by atoms with E-state index in [1.54, 1.807) is 6.92 Å². The summed E-state index contributed by atoms with van der Waals surface area (Å²) in [5.74, 6) is -1.15. The predicted molar refractivity (Wildman–Crippen MR) is 65.2 cm³/mol. The van der Waals surface area contributed by atoms with Crippen LogP contribution in [0.2, 0.25) is 0 Å². The van der Waals surface area contributed by atoms with Gasteiger partial charge in [-0.1, -0.05) is 0 Å². The van der Waals surface area contributed by atoms with E-state index in [2.05, 4.69) is 9.47 Å². The van der Waals surface area contributed by atoms with E-state index in [1.807, 2.05) is 0 Å². The quantitative estimate of drug-likeness (QED) is 0.652. The lowest BCUT2D eigenvalue weighted by Crippen LogP contribution is -2.05. The van der Waals surface area contributed by atoms with Gasteiger partial charge in [0, 0.05) is 6.08 Å². The molecule has 0 radical (unpaired) electrons. The van der Waals surface area contributed by atoms with Crippen molar-refractivity contribution in [2.75, 3.05) is 14.2 Å². The Morgan fingerprint density at radius 3 is 2.44 bits per heavy atom. The standard InChI is InChI=1S/C13H14O5/c1-8-6-9(14)7-11(13(16)18-3)10(8)4-5-12(15)17-2/h4-7,14H,1-3H3/b5-4+. The van der Waals surface area contributed by atoms with Crippen LogP contribution in [-0.4, -0.2) is 31.3 Å². The smallest absolute Gasteiger partial charge is 0.338 e. The normalized spacial score (nSPS) is 10.4. The third-order valence-corrected chi connectivity index (χ3v) is 2.36. The van der Waals surface area contributed by atoms with Gasteiger partial charge in [-0.25, -0.2) is 9.59 Å². The zero-order valence-corrected chi connectivity index (χ0v) is 10.4. The molecule has 96 valence electrons. The molecule has 0 aliphatic rings. The highest BCUT2D eigenvalue weighted by molar-refractivity contribution is 5.96. The Morgan fingerprint density at radius 1 is 1.22 bits per heavy atom. The molecule has 0 saturated carbocycles. The first-order chi connectivity index (χ1) is 8.49. The molecule has 0 aliphatic heterocycles. The maximum absolute atomic E-state index is 11.6. The minimum atomic E-state index is -0.585. The van der Waals surface area contributed by atoms with Crippen molar-refractivity contribution in [1.82, 2.24) is 0 Å². The summed E-state index contributed by atoms with van der Waals surface area (Å²) in [6.45, 7) is 1.71. The van der Waals surface area contributed by atoms with Crippen LogP contribution in [0.4, 0.5) is 0 Å². The molecule has 0 unspecified atom stereocenters. The summed E-state index contributed by atoms with van der Waals surface area (Å²) in [5.41, 5.74) is 1.34. The summed E-state index contributed by atoms with van der Waals surface area (Å²) in [7, 11) is 2.51. The summed E-state index contributed by atoms with van der Waals surface area (Å²) >= 11 is 0. The van der Waals surface area contributed by atoms with E-state index in [1.165, 1.54) is 38.5 Å². The zero-order valence-electron chi connectivity index (χ0n) is 10.4. The molecule has 1 rings (SSSR count). The van der Waals surface area contributed by atoms with Gasteiger partial charge in [-0.05, 0) is 36.3 Å². The average Bonchev–Trinajstić information content (AvgIpc) is 2.35. The van der Waals surface area contributed by atoms with Crippen molar-refractivity contribution in [3.05, 3.63) is 34.9 Å². The minimum absolute atomic E-state index is 0.0388. The van der Waals surface area contributed by atoms with Gasteiger partial charge < -0.3 is 14.6 Å². The number of benzene rings is 1. The van der Waals surface area contributed by atoms with Crippen molar-refractivity contribution in [3.8, 4) is 5.75 Å². The molecule has 0 aliphatic carbocycles. The summed E-state index contributed by atoms with van der Waals surface area (Å²) in [6.07, 6.45) is 2.65. The number of aryl methyl sites for hydroxylation is 1. The van der Waals surface area contributed by atoms with Gasteiger partial charge in [-0.15, -0.1) is 0 Å². The third kappa shape index (κ3) is 3.10. The topological polar surface area (TPSA) is 72.8 Å². The molecular formula is C13H14O5. The second-order valence-electron chi connectivity index (χ2n) is 3.57. The summed E-state index contributed by atoms with van der Waals surface area (Å²) < 4.78 is 9.09. The zero-order chi connectivity index (χ0) is 13.7. The predicted octanol–water partition coefficient (Wildman–Crippen LogP) is 1.67. The van der Waals surface area contributed by atoms with E-state index in [0.717, 1.165) is 0 Å². The highest BCUT2D eigenvalue weighted by atomic mass is 16.5. The van der Waals surface area contributed by atoms with Crippen LogP contribution >= 0.6 is 0 Å². The van der Waals surface area contributed by atoms with E-state index >= 15 is 0 Å². The van der Waals surface area contributed by atoms with Crippen LogP contribution in [0, 0.1) is 6.92 Å². The number of methoxy groups -OCH3 is 2. The summed E-state index contributed by atoms with van der Waals surface area (Å²) in [6, 6.07) is 2.78. The second-order valence-corrected chi connectivity index (χ2v) is 3.57. The average molecular weight is 250 g/mol. The molecule has 18 heavy (non-hydrogen) atoms. The lowest BCUT2D eigenvalue weighted by atomic mass is 10.0. The highest BCUT2D eigenvalue weighted by Crippen LogP contribution is 2.23. The van der Waals surface area contributed by atoms with E-state index in [4.69, 9.17) is 0 Å². The Morgan fingerprint density at radius 2 is 1.89 bits per heavy atom. The fourth-order valence-corrected chi connectivity index (χ4v) is 1.50. The van der Waals surface area contributed by atoms with Crippen LogP contribution in [0.1, 0.15) is 21.5 Å². The second kappa shape index (κ2) is 5.86. The van der Waals surface area contributed by atoms with Gasteiger partial charge in [0.25, 0.3) is 0 Å².